The highest BCUT2D eigenvalue weighted by atomic mass is 19.4. The van der Waals surface area contributed by atoms with Gasteiger partial charge in [0, 0.05) is 11.1 Å². The Bertz CT molecular complexity index is 1740. The van der Waals surface area contributed by atoms with Gasteiger partial charge in [0.1, 0.15) is 5.75 Å². The first-order chi connectivity index (χ1) is 21.5. The van der Waals surface area contributed by atoms with Crippen molar-refractivity contribution in [3.63, 3.8) is 0 Å². The third kappa shape index (κ3) is 6.69. The number of esters is 1. The SMILES string of the molecule is COC(=O)[C@H](OC1=C(C(=O)c2ccc(C)cc2)C(c2ccc(OC(F)(F)F)cc2)N(c2ccc(C)nn2)C1=O)c1ccccc1. The molecule has 230 valence electrons. The van der Waals surface area contributed by atoms with Gasteiger partial charge in [-0.3, -0.25) is 14.5 Å². The summed E-state index contributed by atoms with van der Waals surface area (Å²) in [5, 5.41) is 8.20. The lowest BCUT2D eigenvalue weighted by atomic mass is 9.92. The topological polar surface area (TPSA) is 108 Å². The molecule has 0 N–H and O–H groups in total. The van der Waals surface area contributed by atoms with Crippen LogP contribution in [0.25, 0.3) is 0 Å². The maximum absolute atomic E-state index is 14.3. The van der Waals surface area contributed by atoms with E-state index >= 15 is 0 Å². The molecule has 0 fully saturated rings. The van der Waals surface area contributed by atoms with Crippen LogP contribution in [0.2, 0.25) is 0 Å². The molecule has 1 amide bonds. The summed E-state index contributed by atoms with van der Waals surface area (Å²) in [5.41, 5.74) is 2.06. The quantitative estimate of drug-likeness (QED) is 0.163. The zero-order chi connectivity index (χ0) is 32.3. The first-order valence-electron chi connectivity index (χ1n) is 13.6. The van der Waals surface area contributed by atoms with Crippen molar-refractivity contribution in [2.24, 2.45) is 0 Å². The number of Topliss-reactive ketones (excluding diaryl/α,β-unsaturated/α-hetero) is 1. The number of benzene rings is 3. The number of rotatable bonds is 9. The van der Waals surface area contributed by atoms with E-state index in [1.165, 1.54) is 18.2 Å². The number of halogens is 3. The second kappa shape index (κ2) is 12.6. The average Bonchev–Trinajstić information content (AvgIpc) is 3.31. The number of carbonyl (C=O) groups excluding carboxylic acids is 3. The van der Waals surface area contributed by atoms with E-state index in [0.29, 0.717) is 11.3 Å². The number of alkyl halides is 3. The van der Waals surface area contributed by atoms with Crippen molar-refractivity contribution in [2.45, 2.75) is 32.4 Å². The number of aromatic nitrogens is 2. The lowest BCUT2D eigenvalue weighted by Gasteiger charge is -2.26. The van der Waals surface area contributed by atoms with Gasteiger partial charge in [-0.15, -0.1) is 18.3 Å². The predicted molar refractivity (Wildman–Crippen MR) is 155 cm³/mol. The average molecular weight is 618 g/mol. The predicted octanol–water partition coefficient (Wildman–Crippen LogP) is 6.15. The molecule has 9 nitrogen and oxygen atoms in total. The molecule has 1 aliphatic heterocycles. The van der Waals surface area contributed by atoms with E-state index in [-0.39, 0.29) is 22.5 Å². The third-order valence-corrected chi connectivity index (χ3v) is 6.96. The lowest BCUT2D eigenvalue weighted by Crippen LogP contribution is -2.32. The van der Waals surface area contributed by atoms with Gasteiger partial charge in [0.25, 0.3) is 5.91 Å². The molecule has 0 radical (unpaired) electrons. The van der Waals surface area contributed by atoms with Crippen LogP contribution in [0, 0.1) is 13.8 Å². The standard InChI is InChI=1S/C33H26F3N3O6/c1-19-9-12-22(13-10-19)28(40)26-27(21-14-16-24(17-15-21)45-33(34,35)36)39(25-18-11-20(2)37-38-25)31(41)30(26)44-29(32(42)43-3)23-7-5-4-6-8-23/h4-18,27,29H,1-3H3/t27?,29-/m1/s1. The Morgan fingerprint density at radius 3 is 2.11 bits per heavy atom. The van der Waals surface area contributed by atoms with Gasteiger partial charge in [-0.1, -0.05) is 72.3 Å². The van der Waals surface area contributed by atoms with Crippen LogP contribution >= 0.6 is 0 Å². The highest BCUT2D eigenvalue weighted by Crippen LogP contribution is 2.44. The van der Waals surface area contributed by atoms with Crippen molar-refractivity contribution in [3.05, 3.63) is 130 Å². The number of aryl methyl sites for hydroxylation is 2. The van der Waals surface area contributed by atoms with E-state index < -0.39 is 47.7 Å². The largest absolute Gasteiger partial charge is 0.573 e. The molecule has 45 heavy (non-hydrogen) atoms. The van der Waals surface area contributed by atoms with Crippen LogP contribution in [0.1, 0.15) is 44.9 Å². The van der Waals surface area contributed by atoms with Crippen molar-refractivity contribution < 1.29 is 41.8 Å². The summed E-state index contributed by atoms with van der Waals surface area (Å²) < 4.78 is 53.8. The Morgan fingerprint density at radius 2 is 1.53 bits per heavy atom. The highest BCUT2D eigenvalue weighted by molar-refractivity contribution is 6.21. The molecular formula is C33H26F3N3O6. The van der Waals surface area contributed by atoms with Crippen molar-refractivity contribution in [1.29, 1.82) is 0 Å². The minimum Gasteiger partial charge on any atom is -0.468 e. The number of nitrogens with zero attached hydrogens (tertiary/aromatic N) is 3. The molecule has 0 aliphatic carbocycles. The van der Waals surface area contributed by atoms with Crippen LogP contribution < -0.4 is 9.64 Å². The molecule has 5 rings (SSSR count). The van der Waals surface area contributed by atoms with E-state index in [4.69, 9.17) is 9.47 Å². The van der Waals surface area contributed by atoms with Crippen molar-refractivity contribution in [3.8, 4) is 5.75 Å². The fourth-order valence-electron chi connectivity index (χ4n) is 4.83. The van der Waals surface area contributed by atoms with E-state index in [1.54, 1.807) is 67.6 Å². The molecule has 3 aromatic carbocycles. The Balaban J connectivity index is 1.72. The molecule has 0 bridgehead atoms. The molecule has 2 atom stereocenters. The summed E-state index contributed by atoms with van der Waals surface area (Å²) in [5.74, 6) is -3.19. The van der Waals surface area contributed by atoms with Crippen molar-refractivity contribution in [2.75, 3.05) is 12.0 Å². The zero-order valence-electron chi connectivity index (χ0n) is 24.2. The normalized spacial score (nSPS) is 15.6. The highest BCUT2D eigenvalue weighted by Gasteiger charge is 2.48. The molecule has 0 saturated carbocycles. The smallest absolute Gasteiger partial charge is 0.468 e. The maximum Gasteiger partial charge on any atom is 0.573 e. The van der Waals surface area contributed by atoms with Crippen molar-refractivity contribution >= 4 is 23.5 Å². The Labute approximate surface area is 255 Å². The van der Waals surface area contributed by atoms with Crippen LogP contribution in [0.3, 0.4) is 0 Å². The van der Waals surface area contributed by atoms with Gasteiger partial charge in [0.15, 0.2) is 17.4 Å². The van der Waals surface area contributed by atoms with E-state index in [2.05, 4.69) is 14.9 Å². The maximum atomic E-state index is 14.3. The minimum atomic E-state index is -4.93. The minimum absolute atomic E-state index is 0.0355. The van der Waals surface area contributed by atoms with Crippen LogP contribution in [0.4, 0.5) is 19.0 Å². The molecular weight excluding hydrogens is 591 g/mol. The lowest BCUT2D eigenvalue weighted by molar-refractivity contribution is -0.274. The number of hydrogen-bond donors (Lipinski definition) is 0. The molecule has 1 aliphatic rings. The molecule has 0 saturated heterocycles. The van der Waals surface area contributed by atoms with Gasteiger partial charge in [-0.05, 0) is 43.7 Å². The van der Waals surface area contributed by atoms with Gasteiger partial charge in [0.2, 0.25) is 6.10 Å². The van der Waals surface area contributed by atoms with Crippen LogP contribution in [0.15, 0.2) is 102 Å². The second-order valence-corrected chi connectivity index (χ2v) is 10.1. The number of methoxy groups -OCH3 is 1. The van der Waals surface area contributed by atoms with Crippen LogP contribution in [-0.4, -0.2) is 41.3 Å². The van der Waals surface area contributed by atoms with Gasteiger partial charge < -0.3 is 14.2 Å². The molecule has 0 spiro atoms. The first kappa shape index (κ1) is 30.9. The van der Waals surface area contributed by atoms with Gasteiger partial charge in [-0.2, -0.15) is 5.10 Å². The number of amides is 1. The molecule has 4 aromatic rings. The fraction of sp³-hybridized carbons (Fsp3) is 0.182. The summed E-state index contributed by atoms with van der Waals surface area (Å²) in [6.45, 7) is 3.53. The van der Waals surface area contributed by atoms with Gasteiger partial charge in [-0.25, -0.2) is 4.79 Å². The summed E-state index contributed by atoms with van der Waals surface area (Å²) >= 11 is 0. The second-order valence-electron chi connectivity index (χ2n) is 10.1. The van der Waals surface area contributed by atoms with Gasteiger partial charge >= 0.3 is 12.3 Å². The van der Waals surface area contributed by atoms with E-state index in [0.717, 1.165) is 29.7 Å². The Hall–Kier alpha value is -5.52. The van der Waals surface area contributed by atoms with E-state index in [9.17, 15) is 27.6 Å². The van der Waals surface area contributed by atoms with Gasteiger partial charge in [0.05, 0.1) is 24.4 Å². The first-order valence-corrected chi connectivity index (χ1v) is 13.6. The zero-order valence-corrected chi connectivity index (χ0v) is 24.2. The summed E-state index contributed by atoms with van der Waals surface area (Å²) in [6, 6.07) is 21.5. The summed E-state index contributed by atoms with van der Waals surface area (Å²) in [6.07, 6.45) is -6.37. The Kier molecular flexibility index (Phi) is 8.66. The summed E-state index contributed by atoms with van der Waals surface area (Å²) in [7, 11) is 1.16. The van der Waals surface area contributed by atoms with Crippen LogP contribution in [-0.2, 0) is 19.1 Å². The molecule has 12 heteroatoms. The fourth-order valence-corrected chi connectivity index (χ4v) is 4.83. The number of ketones is 1. The number of hydrogen-bond acceptors (Lipinski definition) is 8. The number of ether oxygens (including phenoxy) is 3. The molecule has 1 unspecified atom stereocenters. The Morgan fingerprint density at radius 1 is 0.867 bits per heavy atom. The monoisotopic (exact) mass is 617 g/mol. The molecule has 2 heterocycles. The molecule has 1 aromatic heterocycles. The number of carbonyl (C=O) groups is 3. The van der Waals surface area contributed by atoms with Crippen molar-refractivity contribution in [1.82, 2.24) is 10.2 Å². The van der Waals surface area contributed by atoms with Crippen LogP contribution in [0.5, 0.6) is 5.75 Å². The number of anilines is 1. The summed E-state index contributed by atoms with van der Waals surface area (Å²) in [4.78, 5) is 42.7. The third-order valence-electron chi connectivity index (χ3n) is 6.96. The van der Waals surface area contributed by atoms with E-state index in [1.807, 2.05) is 6.92 Å².